The van der Waals surface area contributed by atoms with Gasteiger partial charge in [0, 0.05) is 22.5 Å². The molecular formula is C21H15F3N2O2. The average molecular weight is 384 g/mol. The molecule has 0 saturated heterocycles. The fourth-order valence-corrected chi connectivity index (χ4v) is 2.51. The van der Waals surface area contributed by atoms with Crippen LogP contribution in [-0.4, -0.2) is 11.8 Å². The second-order valence-electron chi connectivity index (χ2n) is 5.93. The van der Waals surface area contributed by atoms with E-state index in [1.54, 1.807) is 48.5 Å². The molecule has 0 radical (unpaired) electrons. The molecule has 142 valence electrons. The van der Waals surface area contributed by atoms with E-state index >= 15 is 0 Å². The summed E-state index contributed by atoms with van der Waals surface area (Å²) < 4.78 is 38.4. The van der Waals surface area contributed by atoms with E-state index in [2.05, 4.69) is 10.6 Å². The maximum atomic E-state index is 12.8. The number of carbonyl (C=O) groups is 2. The highest BCUT2D eigenvalue weighted by atomic mass is 19.4. The van der Waals surface area contributed by atoms with E-state index in [1.807, 2.05) is 0 Å². The first-order valence-electron chi connectivity index (χ1n) is 8.28. The smallest absolute Gasteiger partial charge is 0.322 e. The minimum Gasteiger partial charge on any atom is -0.322 e. The molecule has 0 atom stereocenters. The molecule has 0 bridgehead atoms. The molecule has 0 spiro atoms. The highest BCUT2D eigenvalue weighted by Gasteiger charge is 2.30. The van der Waals surface area contributed by atoms with Crippen LogP contribution in [0, 0.1) is 0 Å². The summed E-state index contributed by atoms with van der Waals surface area (Å²) in [5, 5.41) is 5.23. The predicted octanol–water partition coefficient (Wildman–Crippen LogP) is 5.21. The summed E-state index contributed by atoms with van der Waals surface area (Å²) >= 11 is 0. The molecule has 0 saturated carbocycles. The van der Waals surface area contributed by atoms with Crippen molar-refractivity contribution in [2.45, 2.75) is 6.18 Å². The maximum Gasteiger partial charge on any atom is 0.416 e. The standard InChI is InChI=1S/C21H15F3N2O2/c22-21(23,24)16-9-4-8-15(12-16)20(28)26-18-11-5-10-17(13-18)25-19(27)14-6-2-1-3-7-14/h1-13H,(H,25,27)(H,26,28). The Labute approximate surface area is 159 Å². The van der Waals surface area contributed by atoms with Crippen molar-refractivity contribution < 1.29 is 22.8 Å². The number of alkyl halides is 3. The van der Waals surface area contributed by atoms with Gasteiger partial charge in [0.15, 0.2) is 0 Å². The molecule has 28 heavy (non-hydrogen) atoms. The highest BCUT2D eigenvalue weighted by molar-refractivity contribution is 6.06. The van der Waals surface area contributed by atoms with Crippen molar-refractivity contribution in [3.8, 4) is 0 Å². The fraction of sp³-hybridized carbons (Fsp3) is 0.0476. The van der Waals surface area contributed by atoms with Crippen LogP contribution in [0.5, 0.6) is 0 Å². The summed E-state index contributed by atoms with van der Waals surface area (Å²) in [5.41, 5.74) is 0.238. The SMILES string of the molecule is O=C(Nc1cccc(NC(=O)c2cccc(C(F)(F)F)c2)c1)c1ccccc1. The number of anilines is 2. The lowest BCUT2D eigenvalue weighted by atomic mass is 10.1. The topological polar surface area (TPSA) is 58.2 Å². The second-order valence-corrected chi connectivity index (χ2v) is 5.93. The number of hydrogen-bond donors (Lipinski definition) is 2. The maximum absolute atomic E-state index is 12.8. The average Bonchev–Trinajstić information content (AvgIpc) is 2.68. The van der Waals surface area contributed by atoms with Crippen LogP contribution in [0.1, 0.15) is 26.3 Å². The molecule has 0 aliphatic rings. The van der Waals surface area contributed by atoms with Crippen LogP contribution < -0.4 is 10.6 Å². The van der Waals surface area contributed by atoms with E-state index in [-0.39, 0.29) is 11.5 Å². The van der Waals surface area contributed by atoms with Crippen LogP contribution >= 0.6 is 0 Å². The van der Waals surface area contributed by atoms with Crippen molar-refractivity contribution in [2.75, 3.05) is 10.6 Å². The van der Waals surface area contributed by atoms with Crippen molar-refractivity contribution in [3.63, 3.8) is 0 Å². The van der Waals surface area contributed by atoms with E-state index in [0.29, 0.717) is 16.9 Å². The van der Waals surface area contributed by atoms with Gasteiger partial charge in [0.2, 0.25) is 0 Å². The van der Waals surface area contributed by atoms with Gasteiger partial charge in [0.1, 0.15) is 0 Å². The van der Waals surface area contributed by atoms with Gasteiger partial charge < -0.3 is 10.6 Å². The van der Waals surface area contributed by atoms with Gasteiger partial charge in [-0.05, 0) is 48.5 Å². The van der Waals surface area contributed by atoms with Crippen LogP contribution in [0.4, 0.5) is 24.5 Å². The van der Waals surface area contributed by atoms with E-state index in [1.165, 1.54) is 18.2 Å². The predicted molar refractivity (Wildman–Crippen MR) is 100 cm³/mol. The Bertz CT molecular complexity index is 1000. The first-order valence-corrected chi connectivity index (χ1v) is 8.28. The number of carbonyl (C=O) groups excluding carboxylic acids is 2. The van der Waals surface area contributed by atoms with Crippen LogP contribution in [0.25, 0.3) is 0 Å². The Morgan fingerprint density at radius 2 is 1.18 bits per heavy atom. The monoisotopic (exact) mass is 384 g/mol. The molecule has 7 heteroatoms. The second kappa shape index (κ2) is 7.96. The first kappa shape index (κ1) is 19.2. The van der Waals surface area contributed by atoms with E-state index in [4.69, 9.17) is 0 Å². The number of amides is 2. The number of rotatable bonds is 4. The van der Waals surface area contributed by atoms with Crippen molar-refractivity contribution in [1.82, 2.24) is 0 Å². The molecule has 4 nitrogen and oxygen atoms in total. The van der Waals surface area contributed by atoms with Crippen LogP contribution in [0.3, 0.4) is 0 Å². The largest absolute Gasteiger partial charge is 0.416 e. The van der Waals surface area contributed by atoms with Gasteiger partial charge in [0.05, 0.1) is 5.56 Å². The van der Waals surface area contributed by atoms with Gasteiger partial charge in [-0.15, -0.1) is 0 Å². The van der Waals surface area contributed by atoms with E-state index in [9.17, 15) is 22.8 Å². The lowest BCUT2D eigenvalue weighted by molar-refractivity contribution is -0.137. The Hall–Kier alpha value is -3.61. The van der Waals surface area contributed by atoms with Crippen LogP contribution in [0.15, 0.2) is 78.9 Å². The molecule has 3 aromatic carbocycles. The molecule has 3 rings (SSSR count). The number of hydrogen-bond acceptors (Lipinski definition) is 2. The summed E-state index contributed by atoms with van der Waals surface area (Å²) in [7, 11) is 0. The molecule has 0 heterocycles. The quantitative estimate of drug-likeness (QED) is 0.649. The fourth-order valence-electron chi connectivity index (χ4n) is 2.51. The third kappa shape index (κ3) is 4.76. The van der Waals surface area contributed by atoms with Crippen molar-refractivity contribution >= 4 is 23.2 Å². The van der Waals surface area contributed by atoms with Gasteiger partial charge in [0.25, 0.3) is 11.8 Å². The molecule has 0 aliphatic heterocycles. The summed E-state index contributed by atoms with van der Waals surface area (Å²) in [5.74, 6) is -1.00. The lowest BCUT2D eigenvalue weighted by Gasteiger charge is -2.11. The van der Waals surface area contributed by atoms with Gasteiger partial charge in [-0.1, -0.05) is 30.3 Å². The molecule has 0 aromatic heterocycles. The molecule has 0 fully saturated rings. The minimum absolute atomic E-state index is 0.117. The van der Waals surface area contributed by atoms with Crippen molar-refractivity contribution in [2.24, 2.45) is 0 Å². The Morgan fingerprint density at radius 3 is 1.79 bits per heavy atom. The Morgan fingerprint density at radius 1 is 0.643 bits per heavy atom. The highest BCUT2D eigenvalue weighted by Crippen LogP contribution is 2.29. The molecule has 0 unspecified atom stereocenters. The number of halogens is 3. The van der Waals surface area contributed by atoms with Gasteiger partial charge in [-0.3, -0.25) is 9.59 Å². The molecule has 0 aliphatic carbocycles. The Balaban J connectivity index is 1.72. The van der Waals surface area contributed by atoms with Gasteiger partial charge in [-0.25, -0.2) is 0 Å². The van der Waals surface area contributed by atoms with Crippen LogP contribution in [-0.2, 0) is 6.18 Å². The zero-order valence-electron chi connectivity index (χ0n) is 14.5. The zero-order chi connectivity index (χ0) is 20.1. The number of nitrogens with one attached hydrogen (secondary N) is 2. The summed E-state index contributed by atoms with van der Waals surface area (Å²) in [6.45, 7) is 0. The van der Waals surface area contributed by atoms with Crippen molar-refractivity contribution in [3.05, 3.63) is 95.6 Å². The van der Waals surface area contributed by atoms with Crippen LogP contribution in [0.2, 0.25) is 0 Å². The molecular weight excluding hydrogens is 369 g/mol. The van der Waals surface area contributed by atoms with E-state index in [0.717, 1.165) is 12.1 Å². The van der Waals surface area contributed by atoms with Gasteiger partial charge in [-0.2, -0.15) is 13.2 Å². The number of benzene rings is 3. The van der Waals surface area contributed by atoms with Crippen molar-refractivity contribution in [1.29, 1.82) is 0 Å². The summed E-state index contributed by atoms with van der Waals surface area (Å²) in [6, 6.07) is 19.1. The molecule has 2 amide bonds. The molecule has 3 aromatic rings. The third-order valence-electron chi connectivity index (χ3n) is 3.87. The third-order valence-corrected chi connectivity index (χ3v) is 3.87. The summed E-state index contributed by atoms with van der Waals surface area (Å²) in [6.07, 6.45) is -4.53. The minimum atomic E-state index is -4.53. The summed E-state index contributed by atoms with van der Waals surface area (Å²) in [4.78, 5) is 24.5. The molecule has 2 N–H and O–H groups in total. The zero-order valence-corrected chi connectivity index (χ0v) is 14.5. The lowest BCUT2D eigenvalue weighted by Crippen LogP contribution is -2.15. The van der Waals surface area contributed by atoms with Gasteiger partial charge >= 0.3 is 6.18 Å². The van der Waals surface area contributed by atoms with E-state index < -0.39 is 17.6 Å². The normalized spacial score (nSPS) is 11.0. The Kier molecular flexibility index (Phi) is 5.44. The first-order chi connectivity index (χ1) is 13.3.